The van der Waals surface area contributed by atoms with E-state index >= 15 is 0 Å². The van der Waals surface area contributed by atoms with Crippen LogP contribution in [0.3, 0.4) is 0 Å². The number of aryl methyl sites for hydroxylation is 1. The van der Waals surface area contributed by atoms with E-state index in [4.69, 9.17) is 12.2 Å². The molecule has 4 aromatic rings. The van der Waals surface area contributed by atoms with E-state index in [-0.39, 0.29) is 11.7 Å². The van der Waals surface area contributed by atoms with Crippen molar-refractivity contribution in [1.29, 1.82) is 0 Å². The SMILES string of the molecule is CCc1cccc2c(/C=C3\NC(=S)N(c4ccccc4)C3=O)cn(Cc3ccc(F)cc3)c12. The van der Waals surface area contributed by atoms with Crippen molar-refractivity contribution in [2.75, 3.05) is 4.90 Å². The van der Waals surface area contributed by atoms with Crippen LogP contribution in [0.2, 0.25) is 0 Å². The first-order valence-corrected chi connectivity index (χ1v) is 11.2. The Bertz CT molecular complexity index is 1390. The third kappa shape index (κ3) is 3.94. The van der Waals surface area contributed by atoms with E-state index in [1.807, 2.05) is 48.7 Å². The van der Waals surface area contributed by atoms with Crippen molar-refractivity contribution in [1.82, 2.24) is 9.88 Å². The zero-order valence-corrected chi connectivity index (χ0v) is 18.9. The van der Waals surface area contributed by atoms with E-state index in [1.165, 1.54) is 22.6 Å². The molecular weight excluding hydrogens is 433 g/mol. The maximum Gasteiger partial charge on any atom is 0.281 e. The van der Waals surface area contributed by atoms with E-state index in [2.05, 4.69) is 28.9 Å². The van der Waals surface area contributed by atoms with E-state index in [1.54, 1.807) is 12.1 Å². The molecule has 0 saturated carbocycles. The molecule has 0 radical (unpaired) electrons. The quantitative estimate of drug-likeness (QED) is 0.312. The third-order valence-corrected chi connectivity index (χ3v) is 6.14. The minimum Gasteiger partial charge on any atom is -0.342 e. The van der Waals surface area contributed by atoms with Crippen LogP contribution in [-0.4, -0.2) is 15.6 Å². The lowest BCUT2D eigenvalue weighted by Gasteiger charge is -2.13. The maximum absolute atomic E-state index is 13.4. The summed E-state index contributed by atoms with van der Waals surface area (Å²) in [5.41, 5.74) is 5.43. The number of nitrogens with zero attached hydrogens (tertiary/aromatic N) is 2. The number of amides is 1. The van der Waals surface area contributed by atoms with Gasteiger partial charge in [0.1, 0.15) is 11.5 Å². The summed E-state index contributed by atoms with van der Waals surface area (Å²) in [6.07, 6.45) is 4.79. The van der Waals surface area contributed by atoms with E-state index in [0.29, 0.717) is 17.4 Å². The van der Waals surface area contributed by atoms with E-state index in [9.17, 15) is 9.18 Å². The van der Waals surface area contributed by atoms with Crippen LogP contribution >= 0.6 is 12.2 Å². The Balaban J connectivity index is 1.57. The van der Waals surface area contributed by atoms with Gasteiger partial charge in [-0.2, -0.15) is 0 Å². The van der Waals surface area contributed by atoms with Crippen molar-refractivity contribution >= 4 is 45.9 Å². The van der Waals surface area contributed by atoms with Crippen LogP contribution in [0.5, 0.6) is 0 Å². The number of carbonyl (C=O) groups is 1. The Morgan fingerprint density at radius 1 is 1.00 bits per heavy atom. The van der Waals surface area contributed by atoms with Crippen LogP contribution < -0.4 is 10.2 Å². The highest BCUT2D eigenvalue weighted by molar-refractivity contribution is 7.80. The molecule has 5 rings (SSSR count). The van der Waals surface area contributed by atoms with Gasteiger partial charge in [0.2, 0.25) is 0 Å². The van der Waals surface area contributed by atoms with Gasteiger partial charge in [-0.25, -0.2) is 4.39 Å². The zero-order chi connectivity index (χ0) is 22.9. The molecule has 1 saturated heterocycles. The second-order valence-electron chi connectivity index (χ2n) is 7.97. The molecule has 4 nitrogen and oxygen atoms in total. The molecule has 2 heterocycles. The topological polar surface area (TPSA) is 37.3 Å². The van der Waals surface area contributed by atoms with Gasteiger partial charge >= 0.3 is 0 Å². The average Bonchev–Trinajstić information content (AvgIpc) is 3.32. The highest BCUT2D eigenvalue weighted by Gasteiger charge is 2.32. The predicted molar refractivity (Wildman–Crippen MR) is 134 cm³/mol. The highest BCUT2D eigenvalue weighted by Crippen LogP contribution is 2.29. The van der Waals surface area contributed by atoms with Crippen LogP contribution in [0.1, 0.15) is 23.6 Å². The smallest absolute Gasteiger partial charge is 0.281 e. The number of carbonyl (C=O) groups excluding carboxylic acids is 1. The van der Waals surface area contributed by atoms with Crippen molar-refractivity contribution in [3.8, 4) is 0 Å². The van der Waals surface area contributed by atoms with Crippen molar-refractivity contribution in [2.24, 2.45) is 0 Å². The Morgan fingerprint density at radius 2 is 1.76 bits per heavy atom. The largest absolute Gasteiger partial charge is 0.342 e. The monoisotopic (exact) mass is 455 g/mol. The van der Waals surface area contributed by atoms with Crippen molar-refractivity contribution < 1.29 is 9.18 Å². The molecule has 3 aromatic carbocycles. The zero-order valence-electron chi connectivity index (χ0n) is 18.1. The number of anilines is 1. The van der Waals surface area contributed by atoms with Gasteiger partial charge in [-0.3, -0.25) is 9.69 Å². The number of aromatic nitrogens is 1. The fourth-order valence-electron chi connectivity index (χ4n) is 4.28. The Morgan fingerprint density at radius 3 is 2.48 bits per heavy atom. The summed E-state index contributed by atoms with van der Waals surface area (Å²) in [4.78, 5) is 14.7. The first kappa shape index (κ1) is 21.1. The number of fused-ring (bicyclic) bond motifs is 1. The first-order valence-electron chi connectivity index (χ1n) is 10.8. The molecule has 0 bridgehead atoms. The van der Waals surface area contributed by atoms with Gasteiger partial charge in [0.15, 0.2) is 5.11 Å². The van der Waals surface area contributed by atoms with Crippen molar-refractivity contribution in [3.63, 3.8) is 0 Å². The molecule has 0 aliphatic carbocycles. The molecule has 1 fully saturated rings. The highest BCUT2D eigenvalue weighted by atomic mass is 32.1. The number of hydrogen-bond acceptors (Lipinski definition) is 2. The number of benzene rings is 3. The summed E-state index contributed by atoms with van der Waals surface area (Å²) in [5.74, 6) is -0.433. The molecule has 1 aliphatic rings. The van der Waals surface area contributed by atoms with E-state index in [0.717, 1.165) is 34.1 Å². The molecule has 0 atom stereocenters. The van der Waals surface area contributed by atoms with Crippen LogP contribution in [0.15, 0.2) is 84.7 Å². The summed E-state index contributed by atoms with van der Waals surface area (Å²) >= 11 is 5.45. The summed E-state index contributed by atoms with van der Waals surface area (Å²) in [5, 5.41) is 4.50. The van der Waals surface area contributed by atoms with Crippen LogP contribution in [0, 0.1) is 5.82 Å². The second kappa shape index (κ2) is 8.64. The number of hydrogen-bond donors (Lipinski definition) is 1. The van der Waals surface area contributed by atoms with Gasteiger partial charge < -0.3 is 9.88 Å². The summed E-state index contributed by atoms with van der Waals surface area (Å²) in [6, 6.07) is 22.1. The maximum atomic E-state index is 13.4. The van der Waals surface area contributed by atoms with Gasteiger partial charge in [-0.1, -0.05) is 55.5 Å². The standard InChI is InChI=1S/C27H22FN3OS/c1-2-19-7-6-10-23-20(17-30(25(19)23)16-18-11-13-21(28)14-12-18)15-24-26(32)31(27(33)29-24)22-8-4-3-5-9-22/h3-15,17H,2,16H2,1H3,(H,29,33)/b24-15-. The van der Waals surface area contributed by atoms with Gasteiger partial charge in [-0.05, 0) is 60.1 Å². The summed E-state index contributed by atoms with van der Waals surface area (Å²) in [6.45, 7) is 2.73. The molecule has 0 spiro atoms. The summed E-state index contributed by atoms with van der Waals surface area (Å²) < 4.78 is 15.6. The predicted octanol–water partition coefficient (Wildman–Crippen LogP) is 5.65. The van der Waals surface area contributed by atoms with E-state index < -0.39 is 0 Å². The molecular formula is C27H22FN3OS. The Kier molecular flexibility index (Phi) is 5.52. The van der Waals surface area contributed by atoms with Gasteiger partial charge in [0.05, 0.1) is 11.2 Å². The van der Waals surface area contributed by atoms with Crippen LogP contribution in [0.4, 0.5) is 10.1 Å². The number of nitrogens with one attached hydrogen (secondary N) is 1. The number of halogens is 1. The average molecular weight is 456 g/mol. The third-order valence-electron chi connectivity index (χ3n) is 5.85. The molecule has 1 aliphatic heterocycles. The molecule has 1 N–H and O–H groups in total. The van der Waals surface area contributed by atoms with Crippen LogP contribution in [-0.2, 0) is 17.8 Å². The van der Waals surface area contributed by atoms with Gasteiger partial charge in [-0.15, -0.1) is 0 Å². The fourth-order valence-corrected chi connectivity index (χ4v) is 4.58. The molecule has 164 valence electrons. The van der Waals surface area contributed by atoms with Crippen molar-refractivity contribution in [2.45, 2.75) is 19.9 Å². The number of thiocarbonyl (C=S) groups is 1. The van der Waals surface area contributed by atoms with Gasteiger partial charge in [0.25, 0.3) is 5.91 Å². The normalized spacial score (nSPS) is 15.0. The molecule has 6 heteroatoms. The first-order chi connectivity index (χ1) is 16.0. The molecule has 33 heavy (non-hydrogen) atoms. The lowest BCUT2D eigenvalue weighted by atomic mass is 10.1. The lowest BCUT2D eigenvalue weighted by Crippen LogP contribution is -2.30. The second-order valence-corrected chi connectivity index (χ2v) is 8.36. The molecule has 1 amide bonds. The molecule has 0 unspecified atom stereocenters. The number of para-hydroxylation sites is 2. The Labute approximate surface area is 197 Å². The minimum atomic E-state index is -0.249. The minimum absolute atomic E-state index is 0.183. The number of rotatable bonds is 5. The lowest BCUT2D eigenvalue weighted by molar-refractivity contribution is -0.113. The summed E-state index contributed by atoms with van der Waals surface area (Å²) in [7, 11) is 0. The fraction of sp³-hybridized carbons (Fsp3) is 0.111. The van der Waals surface area contributed by atoms with Crippen LogP contribution in [0.25, 0.3) is 17.0 Å². The van der Waals surface area contributed by atoms with Gasteiger partial charge in [0, 0.05) is 23.7 Å². The molecule has 1 aromatic heterocycles. The van der Waals surface area contributed by atoms with Crippen molar-refractivity contribution in [3.05, 3.63) is 107 Å². The Hall–Kier alpha value is -3.77.